The number of amides is 1. The Bertz CT molecular complexity index is 492. The fourth-order valence-corrected chi connectivity index (χ4v) is 1.91. The van der Waals surface area contributed by atoms with Crippen LogP contribution in [0.4, 0.5) is 0 Å². The number of rotatable bonds is 0. The van der Waals surface area contributed by atoms with Gasteiger partial charge in [0, 0.05) is 17.6 Å². The second kappa shape index (κ2) is 3.34. The summed E-state index contributed by atoms with van der Waals surface area (Å²) in [6.07, 6.45) is 0. The molecule has 16 heavy (non-hydrogen) atoms. The normalized spacial score (nSPS) is 14.9. The Morgan fingerprint density at radius 3 is 2.62 bits per heavy atom. The van der Waals surface area contributed by atoms with Crippen LogP contribution in [0.1, 0.15) is 42.3 Å². The van der Waals surface area contributed by atoms with Crippen molar-refractivity contribution in [1.29, 1.82) is 5.26 Å². The first-order chi connectivity index (χ1) is 7.43. The molecule has 3 heteroatoms. The molecular weight excluding hydrogens is 200 g/mol. The number of carbonyl (C=O) groups is 1. The van der Waals surface area contributed by atoms with E-state index in [2.05, 4.69) is 6.07 Å². The summed E-state index contributed by atoms with van der Waals surface area (Å²) in [5, 5.41) is 8.81. The molecule has 0 aromatic heterocycles. The summed E-state index contributed by atoms with van der Waals surface area (Å²) in [5.74, 6) is 0.0274. The predicted molar refractivity (Wildman–Crippen MR) is 60.8 cm³/mol. The molecule has 0 radical (unpaired) electrons. The molecular formula is C13H14N2O. The van der Waals surface area contributed by atoms with Crippen molar-refractivity contribution in [2.75, 3.05) is 0 Å². The number of nitrogens with zero attached hydrogens (tertiary/aromatic N) is 2. The predicted octanol–water partition coefficient (Wildman–Crippen LogP) is 2.31. The fourth-order valence-electron chi connectivity index (χ4n) is 1.91. The average Bonchev–Trinajstić information content (AvgIpc) is 2.55. The molecule has 0 N–H and O–H groups in total. The van der Waals surface area contributed by atoms with Crippen LogP contribution in [0.2, 0.25) is 0 Å². The number of carbonyl (C=O) groups excluding carboxylic acids is 1. The summed E-state index contributed by atoms with van der Waals surface area (Å²) >= 11 is 0. The molecule has 1 aliphatic rings. The smallest absolute Gasteiger partial charge is 0.254 e. The Balaban J connectivity index is 2.44. The van der Waals surface area contributed by atoms with E-state index in [4.69, 9.17) is 5.26 Å². The minimum absolute atomic E-state index is 0.0274. The zero-order valence-corrected chi connectivity index (χ0v) is 9.74. The monoisotopic (exact) mass is 214 g/mol. The van der Waals surface area contributed by atoms with Crippen LogP contribution < -0.4 is 0 Å². The van der Waals surface area contributed by atoms with Crippen molar-refractivity contribution >= 4 is 5.91 Å². The van der Waals surface area contributed by atoms with Crippen LogP contribution in [-0.4, -0.2) is 16.3 Å². The van der Waals surface area contributed by atoms with E-state index in [0.717, 1.165) is 5.56 Å². The molecule has 3 nitrogen and oxygen atoms in total. The van der Waals surface area contributed by atoms with Crippen molar-refractivity contribution in [2.24, 2.45) is 0 Å². The summed E-state index contributed by atoms with van der Waals surface area (Å²) in [6, 6.07) is 7.38. The molecule has 1 aromatic rings. The second-order valence-corrected chi connectivity index (χ2v) is 5.05. The van der Waals surface area contributed by atoms with Crippen molar-refractivity contribution in [1.82, 2.24) is 4.90 Å². The van der Waals surface area contributed by atoms with Crippen LogP contribution >= 0.6 is 0 Å². The number of nitriles is 1. The standard InChI is InChI=1S/C13H14N2O/c1-13(2,3)15-8-10-5-4-9(7-14)6-11(10)12(15)16/h4-6H,8H2,1-3H3. The second-order valence-electron chi connectivity index (χ2n) is 5.05. The molecule has 1 aromatic carbocycles. The Kier molecular flexibility index (Phi) is 2.23. The van der Waals surface area contributed by atoms with Crippen LogP contribution in [0.25, 0.3) is 0 Å². The molecule has 1 heterocycles. The van der Waals surface area contributed by atoms with E-state index in [-0.39, 0.29) is 11.4 Å². The maximum Gasteiger partial charge on any atom is 0.254 e. The van der Waals surface area contributed by atoms with Gasteiger partial charge >= 0.3 is 0 Å². The van der Waals surface area contributed by atoms with Gasteiger partial charge in [0.15, 0.2) is 0 Å². The number of hydrogen-bond donors (Lipinski definition) is 0. The lowest BCUT2D eigenvalue weighted by Crippen LogP contribution is -2.41. The van der Waals surface area contributed by atoms with E-state index in [1.54, 1.807) is 12.1 Å². The fraction of sp³-hybridized carbons (Fsp3) is 0.385. The highest BCUT2D eigenvalue weighted by molar-refractivity contribution is 5.99. The van der Waals surface area contributed by atoms with Gasteiger partial charge in [-0.15, -0.1) is 0 Å². The maximum absolute atomic E-state index is 12.1. The van der Waals surface area contributed by atoms with Crippen molar-refractivity contribution in [3.05, 3.63) is 34.9 Å². The lowest BCUT2D eigenvalue weighted by Gasteiger charge is -2.31. The Morgan fingerprint density at radius 2 is 2.06 bits per heavy atom. The SMILES string of the molecule is CC(C)(C)N1Cc2ccc(C#N)cc2C1=O. The molecule has 1 aliphatic heterocycles. The van der Waals surface area contributed by atoms with Crippen LogP contribution in [0.15, 0.2) is 18.2 Å². The van der Waals surface area contributed by atoms with Crippen molar-refractivity contribution < 1.29 is 4.79 Å². The largest absolute Gasteiger partial charge is 0.329 e. The lowest BCUT2D eigenvalue weighted by atomic mass is 10.1. The van der Waals surface area contributed by atoms with Gasteiger partial charge < -0.3 is 4.90 Å². The molecule has 0 fully saturated rings. The van der Waals surface area contributed by atoms with E-state index in [9.17, 15) is 4.79 Å². The van der Waals surface area contributed by atoms with E-state index in [0.29, 0.717) is 17.7 Å². The van der Waals surface area contributed by atoms with Gasteiger partial charge in [0.2, 0.25) is 0 Å². The third kappa shape index (κ3) is 1.57. The third-order valence-electron chi connectivity index (χ3n) is 2.85. The highest BCUT2D eigenvalue weighted by Crippen LogP contribution is 2.29. The molecule has 0 unspecified atom stereocenters. The van der Waals surface area contributed by atoms with Gasteiger partial charge in [-0.3, -0.25) is 4.79 Å². The molecule has 2 rings (SSSR count). The molecule has 0 bridgehead atoms. The highest BCUT2D eigenvalue weighted by Gasteiger charge is 2.34. The molecule has 0 saturated heterocycles. The number of benzene rings is 1. The zero-order chi connectivity index (χ0) is 11.9. The average molecular weight is 214 g/mol. The summed E-state index contributed by atoms with van der Waals surface area (Å²) in [6.45, 7) is 6.69. The Labute approximate surface area is 95.3 Å². The number of fused-ring (bicyclic) bond motifs is 1. The Hall–Kier alpha value is -1.82. The maximum atomic E-state index is 12.1. The van der Waals surface area contributed by atoms with Gasteiger partial charge in [0.1, 0.15) is 0 Å². The van der Waals surface area contributed by atoms with E-state index in [1.165, 1.54) is 0 Å². The van der Waals surface area contributed by atoms with Gasteiger partial charge in [0.25, 0.3) is 5.91 Å². The summed E-state index contributed by atoms with van der Waals surface area (Å²) < 4.78 is 0. The minimum Gasteiger partial charge on any atom is -0.329 e. The lowest BCUT2D eigenvalue weighted by molar-refractivity contribution is 0.0609. The van der Waals surface area contributed by atoms with Crippen molar-refractivity contribution in [2.45, 2.75) is 32.9 Å². The quantitative estimate of drug-likeness (QED) is 0.665. The first-order valence-corrected chi connectivity index (χ1v) is 5.28. The molecule has 0 spiro atoms. The first kappa shape index (κ1) is 10.7. The first-order valence-electron chi connectivity index (χ1n) is 5.28. The molecule has 1 amide bonds. The molecule has 82 valence electrons. The van der Waals surface area contributed by atoms with Crippen LogP contribution in [-0.2, 0) is 6.54 Å². The summed E-state index contributed by atoms with van der Waals surface area (Å²) in [7, 11) is 0. The van der Waals surface area contributed by atoms with Gasteiger partial charge in [0.05, 0.1) is 11.6 Å². The van der Waals surface area contributed by atoms with Crippen LogP contribution in [0, 0.1) is 11.3 Å². The summed E-state index contributed by atoms with van der Waals surface area (Å²) in [4.78, 5) is 14.0. The van der Waals surface area contributed by atoms with Gasteiger partial charge in [-0.2, -0.15) is 5.26 Å². The van der Waals surface area contributed by atoms with Crippen LogP contribution in [0.5, 0.6) is 0 Å². The number of hydrogen-bond acceptors (Lipinski definition) is 2. The molecule has 0 saturated carbocycles. The van der Waals surface area contributed by atoms with Crippen LogP contribution in [0.3, 0.4) is 0 Å². The third-order valence-corrected chi connectivity index (χ3v) is 2.85. The van der Waals surface area contributed by atoms with Gasteiger partial charge in [-0.05, 0) is 38.5 Å². The van der Waals surface area contributed by atoms with Crippen molar-refractivity contribution in [3.63, 3.8) is 0 Å². The van der Waals surface area contributed by atoms with E-state index >= 15 is 0 Å². The topological polar surface area (TPSA) is 44.1 Å². The molecule has 0 aliphatic carbocycles. The Morgan fingerprint density at radius 1 is 1.38 bits per heavy atom. The van der Waals surface area contributed by atoms with Crippen molar-refractivity contribution in [3.8, 4) is 6.07 Å². The minimum atomic E-state index is -0.178. The van der Waals surface area contributed by atoms with Gasteiger partial charge in [-0.1, -0.05) is 6.07 Å². The van der Waals surface area contributed by atoms with E-state index < -0.39 is 0 Å². The molecule has 0 atom stereocenters. The zero-order valence-electron chi connectivity index (χ0n) is 9.74. The van der Waals surface area contributed by atoms with E-state index in [1.807, 2.05) is 31.7 Å². The highest BCUT2D eigenvalue weighted by atomic mass is 16.2. The van der Waals surface area contributed by atoms with Gasteiger partial charge in [-0.25, -0.2) is 0 Å². The summed E-state index contributed by atoms with van der Waals surface area (Å²) in [5.41, 5.74) is 2.05.